The van der Waals surface area contributed by atoms with Crippen LogP contribution < -0.4 is 15.0 Å². The predicted molar refractivity (Wildman–Crippen MR) is 105 cm³/mol. The molecule has 140 valence electrons. The Morgan fingerprint density at radius 3 is 2.54 bits per heavy atom. The zero-order valence-electron chi connectivity index (χ0n) is 15.2. The van der Waals surface area contributed by atoms with Gasteiger partial charge in [0.15, 0.2) is 6.61 Å². The summed E-state index contributed by atoms with van der Waals surface area (Å²) in [5, 5.41) is 2.89. The topological polar surface area (TPSA) is 71.5 Å². The number of nitrogens with zero attached hydrogens (tertiary/aromatic N) is 2. The first-order valence-electron chi connectivity index (χ1n) is 8.99. The summed E-state index contributed by atoms with van der Waals surface area (Å²) in [6.45, 7) is 0.910. The molecule has 0 spiro atoms. The number of fused-ring (bicyclic) bond motifs is 1. The molecule has 1 aliphatic heterocycles. The van der Waals surface area contributed by atoms with Crippen molar-refractivity contribution in [2.75, 3.05) is 11.5 Å². The molecule has 4 rings (SSSR count). The second-order valence-corrected chi connectivity index (χ2v) is 6.47. The molecule has 0 saturated carbocycles. The molecule has 2 heterocycles. The number of pyridine rings is 1. The quantitative estimate of drug-likeness (QED) is 0.746. The van der Waals surface area contributed by atoms with Gasteiger partial charge in [0.2, 0.25) is 0 Å². The van der Waals surface area contributed by atoms with Crippen LogP contribution in [0, 0.1) is 0 Å². The third kappa shape index (κ3) is 3.86. The van der Waals surface area contributed by atoms with Crippen molar-refractivity contribution < 1.29 is 14.3 Å². The maximum Gasteiger partial charge on any atom is 0.265 e. The summed E-state index contributed by atoms with van der Waals surface area (Å²) in [5.41, 5.74) is 3.27. The normalized spacial score (nSPS) is 12.9. The van der Waals surface area contributed by atoms with Gasteiger partial charge in [-0.1, -0.05) is 24.3 Å². The van der Waals surface area contributed by atoms with Gasteiger partial charge < -0.3 is 15.0 Å². The minimum atomic E-state index is -0.142. The third-order valence-corrected chi connectivity index (χ3v) is 4.57. The van der Waals surface area contributed by atoms with Crippen molar-refractivity contribution >= 4 is 17.5 Å². The van der Waals surface area contributed by atoms with Crippen LogP contribution >= 0.6 is 0 Å². The summed E-state index contributed by atoms with van der Waals surface area (Å²) in [6.07, 6.45) is 3.39. The van der Waals surface area contributed by atoms with Gasteiger partial charge in [-0.3, -0.25) is 14.6 Å². The lowest BCUT2D eigenvalue weighted by Crippen LogP contribution is -2.38. The molecule has 2 amide bonds. The molecule has 0 saturated heterocycles. The largest absolute Gasteiger partial charge is 0.482 e. The molecule has 0 aliphatic carbocycles. The van der Waals surface area contributed by atoms with Crippen molar-refractivity contribution in [2.24, 2.45) is 0 Å². The van der Waals surface area contributed by atoms with Gasteiger partial charge in [0.1, 0.15) is 5.75 Å². The molecule has 0 bridgehead atoms. The summed E-state index contributed by atoms with van der Waals surface area (Å²) in [6, 6.07) is 18.5. The number of hydrogen-bond acceptors (Lipinski definition) is 4. The van der Waals surface area contributed by atoms with E-state index in [0.717, 1.165) is 16.8 Å². The monoisotopic (exact) mass is 373 g/mol. The van der Waals surface area contributed by atoms with Crippen LogP contribution in [0.25, 0.3) is 0 Å². The number of anilines is 1. The SMILES string of the molecule is O=C(NCc1ccncc1)c1ccc(CN2C(=O)COc3ccccc32)cc1. The average Bonchev–Trinajstić information content (AvgIpc) is 2.75. The van der Waals surface area contributed by atoms with Crippen molar-refractivity contribution in [3.63, 3.8) is 0 Å². The average molecular weight is 373 g/mol. The standard InChI is InChI=1S/C22H19N3O3/c26-21-15-28-20-4-2-1-3-19(20)25(21)14-17-5-7-18(8-6-17)22(27)24-13-16-9-11-23-12-10-16/h1-12H,13-15H2,(H,24,27). The lowest BCUT2D eigenvalue weighted by Gasteiger charge is -2.29. The zero-order chi connectivity index (χ0) is 19.3. The van der Waals surface area contributed by atoms with Gasteiger partial charge >= 0.3 is 0 Å². The van der Waals surface area contributed by atoms with Gasteiger partial charge in [-0.25, -0.2) is 0 Å². The van der Waals surface area contributed by atoms with Crippen LogP contribution in [0.3, 0.4) is 0 Å². The Balaban J connectivity index is 1.42. The molecule has 0 unspecified atom stereocenters. The van der Waals surface area contributed by atoms with E-state index in [2.05, 4.69) is 10.3 Å². The Morgan fingerprint density at radius 1 is 1.00 bits per heavy atom. The van der Waals surface area contributed by atoms with Crippen LogP contribution in [0.15, 0.2) is 73.1 Å². The molecule has 0 radical (unpaired) electrons. The van der Waals surface area contributed by atoms with Crippen molar-refractivity contribution in [3.8, 4) is 5.75 Å². The molecule has 1 aromatic heterocycles. The zero-order valence-corrected chi connectivity index (χ0v) is 15.2. The molecule has 28 heavy (non-hydrogen) atoms. The number of benzene rings is 2. The second kappa shape index (κ2) is 7.92. The van der Waals surface area contributed by atoms with Gasteiger partial charge in [-0.05, 0) is 47.5 Å². The van der Waals surface area contributed by atoms with E-state index in [-0.39, 0.29) is 18.4 Å². The number of rotatable bonds is 5. The molecule has 6 heteroatoms. The number of carbonyl (C=O) groups is 2. The van der Waals surface area contributed by atoms with Gasteiger partial charge in [0.05, 0.1) is 12.2 Å². The van der Waals surface area contributed by atoms with Crippen LogP contribution in [-0.4, -0.2) is 23.4 Å². The number of hydrogen-bond donors (Lipinski definition) is 1. The van der Waals surface area contributed by atoms with Crippen molar-refractivity contribution in [2.45, 2.75) is 13.1 Å². The van der Waals surface area contributed by atoms with Crippen LogP contribution in [0.4, 0.5) is 5.69 Å². The van der Waals surface area contributed by atoms with E-state index in [1.807, 2.05) is 48.5 Å². The Labute approximate surface area is 162 Å². The number of aromatic nitrogens is 1. The number of ether oxygens (including phenoxy) is 1. The van der Waals surface area contributed by atoms with Crippen LogP contribution in [-0.2, 0) is 17.9 Å². The van der Waals surface area contributed by atoms with Gasteiger partial charge in [-0.2, -0.15) is 0 Å². The maximum absolute atomic E-state index is 12.3. The summed E-state index contributed by atoms with van der Waals surface area (Å²) < 4.78 is 5.47. The first kappa shape index (κ1) is 17.7. The first-order chi connectivity index (χ1) is 13.7. The van der Waals surface area contributed by atoms with E-state index in [0.29, 0.717) is 24.4 Å². The Morgan fingerprint density at radius 2 is 1.75 bits per heavy atom. The minimum Gasteiger partial charge on any atom is -0.482 e. The summed E-state index contributed by atoms with van der Waals surface area (Å²) in [5.74, 6) is 0.475. The van der Waals surface area contributed by atoms with E-state index in [4.69, 9.17) is 4.74 Å². The highest BCUT2D eigenvalue weighted by molar-refractivity contribution is 5.98. The van der Waals surface area contributed by atoms with Crippen molar-refractivity contribution in [1.29, 1.82) is 0 Å². The molecule has 0 fully saturated rings. The van der Waals surface area contributed by atoms with E-state index in [1.165, 1.54) is 0 Å². The van der Waals surface area contributed by atoms with Gasteiger partial charge in [0.25, 0.3) is 11.8 Å². The minimum absolute atomic E-state index is 0.0342. The van der Waals surface area contributed by atoms with Crippen molar-refractivity contribution in [1.82, 2.24) is 10.3 Å². The number of carbonyl (C=O) groups excluding carboxylic acids is 2. The Kier molecular flexibility index (Phi) is 5.01. The molecule has 1 N–H and O–H groups in total. The van der Waals surface area contributed by atoms with Gasteiger partial charge in [0, 0.05) is 24.5 Å². The van der Waals surface area contributed by atoms with E-state index < -0.39 is 0 Å². The fraction of sp³-hybridized carbons (Fsp3) is 0.136. The van der Waals surface area contributed by atoms with Crippen LogP contribution in [0.2, 0.25) is 0 Å². The lowest BCUT2D eigenvalue weighted by atomic mass is 10.1. The van der Waals surface area contributed by atoms with Crippen molar-refractivity contribution in [3.05, 3.63) is 89.7 Å². The molecular formula is C22H19N3O3. The Bertz CT molecular complexity index is 987. The summed E-state index contributed by atoms with van der Waals surface area (Å²) in [4.78, 5) is 30.3. The van der Waals surface area contributed by atoms with E-state index in [9.17, 15) is 9.59 Å². The smallest absolute Gasteiger partial charge is 0.265 e. The molecule has 6 nitrogen and oxygen atoms in total. The second-order valence-electron chi connectivity index (χ2n) is 6.47. The first-order valence-corrected chi connectivity index (χ1v) is 8.99. The highest BCUT2D eigenvalue weighted by Gasteiger charge is 2.25. The van der Waals surface area contributed by atoms with E-state index in [1.54, 1.807) is 29.4 Å². The molecule has 2 aromatic carbocycles. The van der Waals surface area contributed by atoms with E-state index >= 15 is 0 Å². The summed E-state index contributed by atoms with van der Waals surface area (Å²) >= 11 is 0. The maximum atomic E-state index is 12.3. The highest BCUT2D eigenvalue weighted by atomic mass is 16.5. The lowest BCUT2D eigenvalue weighted by molar-refractivity contribution is -0.121. The van der Waals surface area contributed by atoms with Crippen LogP contribution in [0.5, 0.6) is 5.75 Å². The van der Waals surface area contributed by atoms with Gasteiger partial charge in [-0.15, -0.1) is 0 Å². The Hall–Kier alpha value is -3.67. The fourth-order valence-electron chi connectivity index (χ4n) is 3.06. The predicted octanol–water partition coefficient (Wildman–Crippen LogP) is 2.94. The molecule has 3 aromatic rings. The number of amides is 2. The highest BCUT2D eigenvalue weighted by Crippen LogP contribution is 2.32. The number of nitrogens with one attached hydrogen (secondary N) is 1. The summed E-state index contributed by atoms with van der Waals surface area (Å²) in [7, 11) is 0. The third-order valence-electron chi connectivity index (χ3n) is 4.57. The molecule has 0 atom stereocenters. The number of para-hydroxylation sites is 2. The molecule has 1 aliphatic rings. The fourth-order valence-corrected chi connectivity index (χ4v) is 3.06. The van der Waals surface area contributed by atoms with Crippen LogP contribution in [0.1, 0.15) is 21.5 Å². The molecular weight excluding hydrogens is 354 g/mol.